The number of nitrogens with one attached hydrogen (secondary N) is 2. The van der Waals surface area contributed by atoms with Crippen molar-refractivity contribution in [1.29, 1.82) is 0 Å². The zero-order valence-corrected chi connectivity index (χ0v) is 40.5. The molecule has 0 bridgehead atoms. The highest BCUT2D eigenvalue weighted by Gasteiger charge is 2.38. The topological polar surface area (TPSA) is 148 Å². The summed E-state index contributed by atoms with van der Waals surface area (Å²) in [6.07, 6.45) is 6.83. The zero-order chi connectivity index (χ0) is 46.9. The third-order valence-corrected chi connectivity index (χ3v) is 11.1. The van der Waals surface area contributed by atoms with E-state index in [0.29, 0.717) is 63.8 Å². The van der Waals surface area contributed by atoms with E-state index in [-0.39, 0.29) is 67.6 Å². The fourth-order valence-corrected chi connectivity index (χ4v) is 7.56. The summed E-state index contributed by atoms with van der Waals surface area (Å²) in [6, 6.07) is 16.3. The van der Waals surface area contributed by atoms with E-state index in [9.17, 15) is 19.2 Å². The average Bonchev–Trinajstić information content (AvgIpc) is 3.21. The van der Waals surface area contributed by atoms with Crippen molar-refractivity contribution in [3.8, 4) is 18.1 Å². The molecule has 0 aliphatic rings. The molecule has 0 aliphatic carbocycles. The van der Waals surface area contributed by atoms with Crippen molar-refractivity contribution < 1.29 is 47.6 Å². The number of benzene rings is 2. The van der Waals surface area contributed by atoms with Crippen molar-refractivity contribution >= 4 is 35.1 Å². The molecule has 0 heterocycles. The summed E-state index contributed by atoms with van der Waals surface area (Å²) in [4.78, 5) is 55.7. The maximum absolute atomic E-state index is 14.5. The lowest BCUT2D eigenvalue weighted by atomic mass is 9.78. The van der Waals surface area contributed by atoms with Crippen molar-refractivity contribution in [2.75, 3.05) is 58.6 Å². The Balaban J connectivity index is 2.20. The highest BCUT2D eigenvalue weighted by Crippen LogP contribution is 2.28. The lowest BCUT2D eigenvalue weighted by molar-refractivity contribution is -0.147. The van der Waals surface area contributed by atoms with Gasteiger partial charge in [-0.1, -0.05) is 63.2 Å². The molecule has 63 heavy (non-hydrogen) atoms. The van der Waals surface area contributed by atoms with Crippen LogP contribution < -0.4 is 15.4 Å². The van der Waals surface area contributed by atoms with Crippen molar-refractivity contribution in [3.05, 3.63) is 65.7 Å². The SMILES string of the molecule is C#CCCC(=O)[C@H](Cc1ccccc1)C(C)(C)NC(=O)[C@@H](CC(=O)[C@H](CSC(C)(C)C)NC(=O)COCCOCCOCCC(OCC)OCC)Cc1ccc(OC(C)(C)C)cc1. The van der Waals surface area contributed by atoms with Gasteiger partial charge in [-0.25, -0.2) is 0 Å². The Morgan fingerprint density at radius 1 is 0.746 bits per heavy atom. The van der Waals surface area contributed by atoms with Gasteiger partial charge in [0.2, 0.25) is 11.8 Å². The first kappa shape index (κ1) is 55.4. The molecule has 0 aliphatic heterocycles. The number of rotatable bonds is 32. The predicted octanol–water partition coefficient (Wildman–Crippen LogP) is 7.57. The third-order valence-electron chi connectivity index (χ3n) is 9.74. The molecule has 13 heteroatoms. The van der Waals surface area contributed by atoms with Crippen LogP contribution in [0.5, 0.6) is 5.75 Å². The van der Waals surface area contributed by atoms with Gasteiger partial charge in [-0.2, -0.15) is 11.8 Å². The minimum absolute atomic E-state index is 0.0469. The van der Waals surface area contributed by atoms with Crippen LogP contribution in [-0.2, 0) is 55.7 Å². The lowest BCUT2D eigenvalue weighted by Gasteiger charge is -2.36. The number of amides is 2. The minimum atomic E-state index is -0.995. The predicted molar refractivity (Wildman–Crippen MR) is 251 cm³/mol. The monoisotopic (exact) mass is 897 g/mol. The molecule has 3 atom stereocenters. The summed E-state index contributed by atoms with van der Waals surface area (Å²) in [6.45, 7) is 22.1. The van der Waals surface area contributed by atoms with E-state index < -0.39 is 34.9 Å². The van der Waals surface area contributed by atoms with Crippen LogP contribution in [0.1, 0.15) is 106 Å². The van der Waals surface area contributed by atoms with Crippen LogP contribution in [0.25, 0.3) is 0 Å². The molecule has 0 spiro atoms. The van der Waals surface area contributed by atoms with Crippen molar-refractivity contribution in [2.45, 2.75) is 136 Å². The number of ether oxygens (including phenoxy) is 6. The van der Waals surface area contributed by atoms with E-state index in [1.54, 1.807) is 11.8 Å². The number of thioether (sulfide) groups is 1. The Kier molecular flexibility index (Phi) is 25.4. The number of hydrogen-bond acceptors (Lipinski definition) is 11. The van der Waals surface area contributed by atoms with E-state index in [1.165, 1.54) is 0 Å². The summed E-state index contributed by atoms with van der Waals surface area (Å²) in [5.74, 6) is 0.995. The first-order valence-electron chi connectivity index (χ1n) is 22.3. The largest absolute Gasteiger partial charge is 0.488 e. The first-order chi connectivity index (χ1) is 29.8. The molecule has 0 saturated carbocycles. The van der Waals surface area contributed by atoms with E-state index in [1.807, 2.05) is 124 Å². The third kappa shape index (κ3) is 24.2. The molecular formula is C50H76N2O10S. The Hall–Kier alpha value is -3.77. The summed E-state index contributed by atoms with van der Waals surface area (Å²) in [5.41, 5.74) is 0.399. The van der Waals surface area contributed by atoms with Gasteiger partial charge in [0.25, 0.3) is 0 Å². The van der Waals surface area contributed by atoms with Gasteiger partial charge in [0.15, 0.2) is 12.1 Å². The standard InChI is InChI=1S/C50H76N2O10S/c1-12-15-21-43(53)41(33-37-19-17-16-18-20-37)50(10,11)52-47(56)39(32-38-22-24-40(25-23-38)62-48(4,5)6)34-44(54)42(36-63-49(7,8)9)51-45(55)35-59-31-30-58-29-28-57-27-26-46(60-13-2)61-14-3/h1,16-20,22-25,39,41-42,46H,13-15,21,26-36H2,2-11H3,(H,51,55)(H,52,56)/t39-,41+,42+/m1/s1. The second kappa shape index (κ2) is 28.9. The van der Waals surface area contributed by atoms with E-state index >= 15 is 0 Å². The summed E-state index contributed by atoms with van der Waals surface area (Å²) in [5, 5.41) is 6.06. The maximum Gasteiger partial charge on any atom is 0.246 e. The van der Waals surface area contributed by atoms with Gasteiger partial charge in [-0.15, -0.1) is 12.3 Å². The quantitative estimate of drug-likeness (QED) is 0.0426. The van der Waals surface area contributed by atoms with Crippen LogP contribution in [-0.4, -0.2) is 110 Å². The summed E-state index contributed by atoms with van der Waals surface area (Å²) < 4.78 is 33.7. The number of hydrogen-bond donors (Lipinski definition) is 2. The van der Waals surface area contributed by atoms with Crippen LogP contribution in [0.15, 0.2) is 54.6 Å². The van der Waals surface area contributed by atoms with Crippen molar-refractivity contribution in [3.63, 3.8) is 0 Å². The number of carbonyl (C=O) groups is 4. The number of Topliss-reactive ketones (excluding diaryl/α,β-unsaturated/α-hetero) is 2. The van der Waals surface area contributed by atoms with Crippen LogP contribution >= 0.6 is 11.8 Å². The molecule has 0 saturated heterocycles. The van der Waals surface area contributed by atoms with Gasteiger partial charge in [-0.05, 0) is 84.6 Å². The van der Waals surface area contributed by atoms with Gasteiger partial charge in [0, 0.05) is 66.8 Å². The fraction of sp³-hybridized carbons (Fsp3) is 0.640. The Bertz CT molecular complexity index is 1680. The molecule has 2 rings (SSSR count). The van der Waals surface area contributed by atoms with Gasteiger partial charge < -0.3 is 39.1 Å². The average molecular weight is 897 g/mol. The van der Waals surface area contributed by atoms with Gasteiger partial charge in [0.05, 0.1) is 39.1 Å². The summed E-state index contributed by atoms with van der Waals surface area (Å²) >= 11 is 1.54. The molecular weight excluding hydrogens is 821 g/mol. The first-order valence-corrected chi connectivity index (χ1v) is 23.3. The molecule has 352 valence electrons. The smallest absolute Gasteiger partial charge is 0.246 e. The van der Waals surface area contributed by atoms with E-state index in [4.69, 9.17) is 34.8 Å². The Labute approximate surface area is 382 Å². The second-order valence-corrected chi connectivity index (χ2v) is 19.9. The normalized spacial score (nSPS) is 13.5. The molecule has 0 unspecified atom stereocenters. The van der Waals surface area contributed by atoms with Crippen LogP contribution in [0.4, 0.5) is 0 Å². The maximum atomic E-state index is 14.5. The zero-order valence-electron chi connectivity index (χ0n) is 39.7. The molecule has 0 radical (unpaired) electrons. The molecule has 12 nitrogen and oxygen atoms in total. The molecule has 2 aromatic carbocycles. The molecule has 0 fully saturated rings. The van der Waals surface area contributed by atoms with Gasteiger partial charge in [0.1, 0.15) is 23.7 Å². The van der Waals surface area contributed by atoms with Crippen LogP contribution in [0, 0.1) is 24.2 Å². The molecule has 2 amide bonds. The number of ketones is 2. The molecule has 2 N–H and O–H groups in total. The van der Waals surface area contributed by atoms with E-state index in [2.05, 4.69) is 16.6 Å². The Morgan fingerprint density at radius 3 is 1.90 bits per heavy atom. The molecule has 0 aromatic heterocycles. The van der Waals surface area contributed by atoms with Crippen LogP contribution in [0.2, 0.25) is 0 Å². The van der Waals surface area contributed by atoms with Gasteiger partial charge >= 0.3 is 0 Å². The highest BCUT2D eigenvalue weighted by molar-refractivity contribution is 8.00. The van der Waals surface area contributed by atoms with E-state index in [0.717, 1.165) is 11.1 Å². The van der Waals surface area contributed by atoms with Crippen molar-refractivity contribution in [1.82, 2.24) is 10.6 Å². The Morgan fingerprint density at radius 2 is 1.33 bits per heavy atom. The lowest BCUT2D eigenvalue weighted by Crippen LogP contribution is -2.54. The summed E-state index contributed by atoms with van der Waals surface area (Å²) in [7, 11) is 0. The molecule has 2 aromatic rings. The van der Waals surface area contributed by atoms with Gasteiger partial charge in [-0.3, -0.25) is 19.2 Å². The number of carbonyl (C=O) groups excluding carboxylic acids is 4. The highest BCUT2D eigenvalue weighted by atomic mass is 32.2. The van der Waals surface area contributed by atoms with Crippen LogP contribution in [0.3, 0.4) is 0 Å². The van der Waals surface area contributed by atoms with Crippen molar-refractivity contribution in [2.24, 2.45) is 11.8 Å². The minimum Gasteiger partial charge on any atom is -0.488 e. The fourth-order valence-electron chi connectivity index (χ4n) is 6.63. The second-order valence-electron chi connectivity index (χ2n) is 18.0. The number of terminal acetylenes is 1.